The Balaban J connectivity index is 2.25. The number of nitrogens with zero attached hydrogens (tertiary/aromatic N) is 1. The van der Waals surface area contributed by atoms with E-state index in [1.165, 1.54) is 10.9 Å². The van der Waals surface area contributed by atoms with Gasteiger partial charge in [-0.15, -0.1) is 11.3 Å². The lowest BCUT2D eigenvalue weighted by atomic mass is 9.98. The Morgan fingerprint density at radius 2 is 2.29 bits per heavy atom. The lowest BCUT2D eigenvalue weighted by Gasteiger charge is -2.18. The van der Waals surface area contributed by atoms with E-state index < -0.39 is 0 Å². The summed E-state index contributed by atoms with van der Waals surface area (Å²) >= 11 is 1.63. The van der Waals surface area contributed by atoms with Gasteiger partial charge in [0.2, 0.25) is 0 Å². The van der Waals surface area contributed by atoms with Gasteiger partial charge in [-0.1, -0.05) is 6.07 Å². The molecule has 4 heteroatoms. The number of nitrogens with one attached hydrogen (secondary N) is 1. The highest BCUT2D eigenvalue weighted by Gasteiger charge is 2.14. The fraction of sp³-hybridized carbons (Fsp3) is 0.308. The zero-order valence-electron chi connectivity index (χ0n) is 9.90. The van der Waals surface area contributed by atoms with Gasteiger partial charge < -0.3 is 5.32 Å². The fourth-order valence-corrected chi connectivity index (χ4v) is 2.54. The second-order valence-electron chi connectivity index (χ2n) is 4.01. The predicted molar refractivity (Wildman–Crippen MR) is 68.8 cm³/mol. The molecule has 1 aromatic heterocycles. The summed E-state index contributed by atoms with van der Waals surface area (Å²) in [6.45, 7) is 2.01. The molecular weight excluding hydrogens is 235 g/mol. The van der Waals surface area contributed by atoms with Crippen LogP contribution in [0.3, 0.4) is 0 Å². The molecule has 0 fully saturated rings. The lowest BCUT2D eigenvalue weighted by molar-refractivity contribution is 0.577. The second-order valence-corrected chi connectivity index (χ2v) is 4.98. The quantitative estimate of drug-likeness (QED) is 0.902. The Labute approximate surface area is 105 Å². The number of hydrogen-bond donors (Lipinski definition) is 1. The summed E-state index contributed by atoms with van der Waals surface area (Å²) in [5.74, 6) is -0.185. The molecule has 0 aliphatic carbocycles. The molecule has 0 saturated carbocycles. The third-order valence-corrected chi connectivity index (χ3v) is 3.66. The molecule has 1 aromatic carbocycles. The normalized spacial score (nSPS) is 12.6. The van der Waals surface area contributed by atoms with Gasteiger partial charge in [-0.25, -0.2) is 4.39 Å². The van der Waals surface area contributed by atoms with Crippen molar-refractivity contribution in [3.05, 3.63) is 51.7 Å². The second kappa shape index (κ2) is 5.38. The summed E-state index contributed by atoms with van der Waals surface area (Å²) in [5, 5.41) is 3.24. The molecule has 0 saturated heterocycles. The van der Waals surface area contributed by atoms with Crippen molar-refractivity contribution in [2.75, 3.05) is 7.05 Å². The average Bonchev–Trinajstić information content (AvgIpc) is 2.82. The van der Waals surface area contributed by atoms with Crippen molar-refractivity contribution in [2.45, 2.75) is 19.4 Å². The maximum absolute atomic E-state index is 13.3. The van der Waals surface area contributed by atoms with E-state index in [1.807, 2.05) is 31.7 Å². The van der Waals surface area contributed by atoms with E-state index in [-0.39, 0.29) is 11.9 Å². The van der Waals surface area contributed by atoms with Gasteiger partial charge in [0, 0.05) is 23.5 Å². The molecule has 0 spiro atoms. The van der Waals surface area contributed by atoms with Crippen LogP contribution in [0, 0.1) is 12.7 Å². The summed E-state index contributed by atoms with van der Waals surface area (Å²) in [4.78, 5) is 5.26. The van der Waals surface area contributed by atoms with E-state index in [0.717, 1.165) is 17.5 Å². The third kappa shape index (κ3) is 2.90. The van der Waals surface area contributed by atoms with Crippen LogP contribution in [0.4, 0.5) is 4.39 Å². The van der Waals surface area contributed by atoms with Crippen LogP contribution in [-0.2, 0) is 6.42 Å². The topological polar surface area (TPSA) is 24.9 Å². The first kappa shape index (κ1) is 12.2. The Hall–Kier alpha value is -1.26. The highest BCUT2D eigenvalue weighted by Crippen LogP contribution is 2.23. The minimum atomic E-state index is -0.185. The van der Waals surface area contributed by atoms with Crippen LogP contribution in [-0.4, -0.2) is 12.0 Å². The number of rotatable bonds is 4. The van der Waals surface area contributed by atoms with Crippen molar-refractivity contribution in [2.24, 2.45) is 0 Å². The summed E-state index contributed by atoms with van der Waals surface area (Å²) in [5.41, 5.74) is 3.94. The van der Waals surface area contributed by atoms with E-state index >= 15 is 0 Å². The van der Waals surface area contributed by atoms with Crippen LogP contribution < -0.4 is 5.32 Å². The van der Waals surface area contributed by atoms with Crippen molar-refractivity contribution < 1.29 is 4.39 Å². The van der Waals surface area contributed by atoms with Crippen molar-refractivity contribution in [1.82, 2.24) is 10.3 Å². The molecular formula is C13H15FN2S. The van der Waals surface area contributed by atoms with Crippen molar-refractivity contribution in [3.8, 4) is 0 Å². The van der Waals surface area contributed by atoms with Crippen LogP contribution in [0.25, 0.3) is 0 Å². The molecule has 0 bridgehead atoms. The average molecular weight is 250 g/mol. The van der Waals surface area contributed by atoms with Crippen molar-refractivity contribution in [1.29, 1.82) is 0 Å². The SMILES string of the molecule is CNC(Cc1cncs1)c1cc(F)ccc1C. The van der Waals surface area contributed by atoms with Crippen molar-refractivity contribution in [3.63, 3.8) is 0 Å². The third-order valence-electron chi connectivity index (χ3n) is 2.85. The Kier molecular flexibility index (Phi) is 3.86. The molecule has 90 valence electrons. The van der Waals surface area contributed by atoms with Gasteiger partial charge in [0.25, 0.3) is 0 Å². The van der Waals surface area contributed by atoms with Gasteiger partial charge in [0.15, 0.2) is 0 Å². The van der Waals surface area contributed by atoms with Gasteiger partial charge in [0.05, 0.1) is 5.51 Å². The zero-order valence-corrected chi connectivity index (χ0v) is 10.7. The number of thiazole rings is 1. The monoisotopic (exact) mass is 250 g/mol. The van der Waals surface area contributed by atoms with E-state index in [9.17, 15) is 4.39 Å². The summed E-state index contributed by atoms with van der Waals surface area (Å²) in [6.07, 6.45) is 2.70. The molecule has 1 atom stereocenters. The largest absolute Gasteiger partial charge is 0.313 e. The summed E-state index contributed by atoms with van der Waals surface area (Å²) in [6, 6.07) is 5.06. The Morgan fingerprint density at radius 1 is 1.47 bits per heavy atom. The van der Waals surface area contributed by atoms with E-state index in [2.05, 4.69) is 10.3 Å². The smallest absolute Gasteiger partial charge is 0.123 e. The zero-order chi connectivity index (χ0) is 12.3. The number of aromatic nitrogens is 1. The fourth-order valence-electron chi connectivity index (χ4n) is 1.90. The van der Waals surface area contributed by atoms with Crippen LogP contribution in [0.2, 0.25) is 0 Å². The van der Waals surface area contributed by atoms with Crippen LogP contribution in [0.1, 0.15) is 22.0 Å². The molecule has 2 aromatic rings. The lowest BCUT2D eigenvalue weighted by Crippen LogP contribution is -2.19. The first-order valence-electron chi connectivity index (χ1n) is 5.51. The highest BCUT2D eigenvalue weighted by molar-refractivity contribution is 7.09. The maximum atomic E-state index is 13.3. The van der Waals surface area contributed by atoms with Crippen LogP contribution in [0.15, 0.2) is 29.9 Å². The molecule has 1 N–H and O–H groups in total. The first-order valence-corrected chi connectivity index (χ1v) is 6.39. The first-order chi connectivity index (χ1) is 8.20. The summed E-state index contributed by atoms with van der Waals surface area (Å²) in [7, 11) is 1.90. The molecule has 0 radical (unpaired) electrons. The minimum Gasteiger partial charge on any atom is -0.313 e. The molecule has 0 aliphatic heterocycles. The molecule has 1 heterocycles. The Bertz CT molecular complexity index is 482. The number of benzene rings is 1. The number of likely N-dealkylation sites (N-methyl/N-ethyl adjacent to an activating group) is 1. The van der Waals surface area contributed by atoms with E-state index in [0.29, 0.717) is 0 Å². The van der Waals surface area contributed by atoms with Gasteiger partial charge in [0.1, 0.15) is 5.82 Å². The number of halogens is 1. The molecule has 0 aliphatic rings. The van der Waals surface area contributed by atoms with Gasteiger partial charge in [-0.3, -0.25) is 4.98 Å². The molecule has 17 heavy (non-hydrogen) atoms. The maximum Gasteiger partial charge on any atom is 0.123 e. The van der Waals surface area contributed by atoms with E-state index in [4.69, 9.17) is 0 Å². The minimum absolute atomic E-state index is 0.131. The molecule has 1 unspecified atom stereocenters. The Morgan fingerprint density at radius 3 is 2.94 bits per heavy atom. The molecule has 2 rings (SSSR count). The van der Waals surface area contributed by atoms with E-state index in [1.54, 1.807) is 17.4 Å². The molecule has 2 nitrogen and oxygen atoms in total. The summed E-state index contributed by atoms with van der Waals surface area (Å²) < 4.78 is 13.3. The highest BCUT2D eigenvalue weighted by atomic mass is 32.1. The van der Waals surface area contributed by atoms with Crippen LogP contribution >= 0.6 is 11.3 Å². The van der Waals surface area contributed by atoms with Gasteiger partial charge in [-0.05, 0) is 37.2 Å². The standard InChI is InChI=1S/C13H15FN2S/c1-9-3-4-10(14)5-12(9)13(15-2)6-11-7-16-8-17-11/h3-5,7-8,13,15H,6H2,1-2H3. The predicted octanol–water partition coefficient (Wildman–Crippen LogP) is 3.09. The number of hydrogen-bond acceptors (Lipinski definition) is 3. The van der Waals surface area contributed by atoms with Crippen LogP contribution in [0.5, 0.6) is 0 Å². The number of aryl methyl sites for hydroxylation is 1. The van der Waals surface area contributed by atoms with Gasteiger partial charge in [-0.2, -0.15) is 0 Å². The molecule has 0 amide bonds. The van der Waals surface area contributed by atoms with Gasteiger partial charge >= 0.3 is 0 Å². The van der Waals surface area contributed by atoms with Crippen molar-refractivity contribution >= 4 is 11.3 Å².